The molecule has 2 N–H and O–H groups in total. The molecule has 0 spiro atoms. The van der Waals surface area contributed by atoms with Gasteiger partial charge < -0.3 is 15.4 Å². The fourth-order valence-electron chi connectivity index (χ4n) is 2.53. The maximum absolute atomic E-state index is 12.1. The van der Waals surface area contributed by atoms with Crippen LogP contribution in [0, 0.1) is 6.92 Å². The summed E-state index contributed by atoms with van der Waals surface area (Å²) < 4.78 is 5.72. The Hall–Kier alpha value is -2.47. The van der Waals surface area contributed by atoms with Crippen molar-refractivity contribution >= 4 is 29.3 Å². The van der Waals surface area contributed by atoms with Gasteiger partial charge in [0.15, 0.2) is 0 Å². The highest BCUT2D eigenvalue weighted by Gasteiger charge is 2.23. The van der Waals surface area contributed by atoms with Gasteiger partial charge in [0.05, 0.1) is 12.4 Å². The fraction of sp³-hybridized carbons (Fsp3) is 0.333. The molecule has 1 saturated carbocycles. The van der Waals surface area contributed by atoms with E-state index in [1.165, 1.54) is 11.8 Å². The van der Waals surface area contributed by atoms with Gasteiger partial charge in [-0.15, -0.1) is 11.8 Å². The molecular weight excluding hydrogens is 360 g/mol. The van der Waals surface area contributed by atoms with Crippen LogP contribution in [0.1, 0.15) is 28.8 Å². The molecule has 0 aliphatic heterocycles. The molecule has 0 bridgehead atoms. The van der Waals surface area contributed by atoms with E-state index in [0.29, 0.717) is 29.7 Å². The zero-order valence-electron chi connectivity index (χ0n) is 15.4. The number of benzene rings is 2. The van der Waals surface area contributed by atoms with Crippen molar-refractivity contribution in [3.63, 3.8) is 0 Å². The van der Waals surface area contributed by atoms with Crippen LogP contribution in [0.15, 0.2) is 48.5 Å². The van der Waals surface area contributed by atoms with E-state index in [1.807, 2.05) is 31.2 Å². The molecule has 0 saturated heterocycles. The van der Waals surface area contributed by atoms with Gasteiger partial charge in [0.2, 0.25) is 5.91 Å². The van der Waals surface area contributed by atoms with Crippen LogP contribution < -0.4 is 15.4 Å². The molecule has 1 fully saturated rings. The number of carbonyl (C=O) groups excluding carboxylic acids is 2. The van der Waals surface area contributed by atoms with Crippen LogP contribution in [-0.4, -0.2) is 36.0 Å². The number of thioether (sulfide) groups is 1. The first-order valence-corrected chi connectivity index (χ1v) is 10.2. The Labute approximate surface area is 163 Å². The van der Waals surface area contributed by atoms with Gasteiger partial charge in [-0.05, 0) is 49.6 Å². The standard InChI is InChI=1S/C21H24N2O3S/c1-15-5-2-3-8-19(15)26-11-12-27-14-20(24)22-18-7-4-6-16(13-18)21(25)23-17-9-10-17/h2-8,13,17H,9-12,14H2,1H3,(H,22,24)(H,23,25). The second kappa shape index (κ2) is 9.46. The first kappa shape index (κ1) is 19.3. The van der Waals surface area contributed by atoms with Gasteiger partial charge in [-0.25, -0.2) is 0 Å². The molecule has 0 aromatic heterocycles. The zero-order chi connectivity index (χ0) is 19.1. The number of nitrogens with one attached hydrogen (secondary N) is 2. The van der Waals surface area contributed by atoms with E-state index in [-0.39, 0.29) is 11.8 Å². The highest BCUT2D eigenvalue weighted by Crippen LogP contribution is 2.20. The van der Waals surface area contributed by atoms with Gasteiger partial charge in [0.1, 0.15) is 5.75 Å². The largest absolute Gasteiger partial charge is 0.492 e. The van der Waals surface area contributed by atoms with E-state index in [4.69, 9.17) is 4.74 Å². The number of amides is 2. The summed E-state index contributed by atoms with van der Waals surface area (Å²) in [4.78, 5) is 24.2. The van der Waals surface area contributed by atoms with Crippen molar-refractivity contribution in [2.24, 2.45) is 0 Å². The number of hydrogen-bond acceptors (Lipinski definition) is 4. The lowest BCUT2D eigenvalue weighted by atomic mass is 10.2. The van der Waals surface area contributed by atoms with Crippen LogP contribution in [0.25, 0.3) is 0 Å². The topological polar surface area (TPSA) is 67.4 Å². The van der Waals surface area contributed by atoms with Crippen molar-refractivity contribution < 1.29 is 14.3 Å². The number of carbonyl (C=O) groups is 2. The van der Waals surface area contributed by atoms with Crippen LogP contribution in [0.2, 0.25) is 0 Å². The van der Waals surface area contributed by atoms with Gasteiger partial charge in [-0.2, -0.15) is 0 Å². The summed E-state index contributed by atoms with van der Waals surface area (Å²) >= 11 is 1.52. The minimum atomic E-state index is -0.0874. The van der Waals surface area contributed by atoms with Gasteiger partial charge >= 0.3 is 0 Å². The number of para-hydroxylation sites is 1. The number of aryl methyl sites for hydroxylation is 1. The Kier molecular flexibility index (Phi) is 6.76. The molecule has 0 heterocycles. The second-order valence-corrected chi connectivity index (χ2v) is 7.65. The lowest BCUT2D eigenvalue weighted by Crippen LogP contribution is -2.25. The summed E-state index contributed by atoms with van der Waals surface area (Å²) in [5, 5.41) is 5.79. The van der Waals surface area contributed by atoms with Crippen molar-refractivity contribution in [3.05, 3.63) is 59.7 Å². The van der Waals surface area contributed by atoms with E-state index in [9.17, 15) is 9.59 Å². The van der Waals surface area contributed by atoms with E-state index in [0.717, 1.165) is 29.9 Å². The van der Waals surface area contributed by atoms with Gasteiger partial charge in [-0.3, -0.25) is 9.59 Å². The Bertz CT molecular complexity index is 806. The average molecular weight is 385 g/mol. The van der Waals surface area contributed by atoms with Crippen molar-refractivity contribution in [1.82, 2.24) is 5.32 Å². The summed E-state index contributed by atoms with van der Waals surface area (Å²) in [6.07, 6.45) is 2.10. The third-order valence-corrected chi connectivity index (χ3v) is 5.05. The Morgan fingerprint density at radius 3 is 2.74 bits per heavy atom. The SMILES string of the molecule is Cc1ccccc1OCCSCC(=O)Nc1cccc(C(=O)NC2CC2)c1. The number of anilines is 1. The molecule has 5 nitrogen and oxygen atoms in total. The number of ether oxygens (including phenoxy) is 1. The van der Waals surface area contributed by atoms with Crippen LogP contribution in [-0.2, 0) is 4.79 Å². The lowest BCUT2D eigenvalue weighted by molar-refractivity contribution is -0.113. The van der Waals surface area contributed by atoms with E-state index in [1.54, 1.807) is 24.3 Å². The van der Waals surface area contributed by atoms with E-state index >= 15 is 0 Å². The van der Waals surface area contributed by atoms with E-state index in [2.05, 4.69) is 10.6 Å². The minimum absolute atomic E-state index is 0.0867. The minimum Gasteiger partial charge on any atom is -0.492 e. The maximum atomic E-state index is 12.1. The molecule has 2 aromatic carbocycles. The van der Waals surface area contributed by atoms with Crippen molar-refractivity contribution in [2.75, 3.05) is 23.4 Å². The van der Waals surface area contributed by atoms with Crippen molar-refractivity contribution in [2.45, 2.75) is 25.8 Å². The molecule has 2 aromatic rings. The molecule has 1 aliphatic carbocycles. The third kappa shape index (κ3) is 6.32. The Balaban J connectivity index is 1.37. The van der Waals surface area contributed by atoms with Gasteiger partial charge in [-0.1, -0.05) is 24.3 Å². The summed E-state index contributed by atoms with van der Waals surface area (Å²) in [5.41, 5.74) is 2.31. The predicted molar refractivity (Wildman–Crippen MR) is 110 cm³/mol. The Morgan fingerprint density at radius 2 is 1.96 bits per heavy atom. The average Bonchev–Trinajstić information content (AvgIpc) is 3.47. The summed E-state index contributed by atoms with van der Waals surface area (Å²) in [6, 6.07) is 15.2. The van der Waals surface area contributed by atoms with E-state index < -0.39 is 0 Å². The first-order valence-electron chi connectivity index (χ1n) is 9.09. The van der Waals surface area contributed by atoms with Crippen LogP contribution in [0.3, 0.4) is 0 Å². The summed E-state index contributed by atoms with van der Waals surface area (Å²) in [7, 11) is 0. The fourth-order valence-corrected chi connectivity index (χ4v) is 3.13. The molecule has 0 atom stereocenters. The molecule has 27 heavy (non-hydrogen) atoms. The predicted octanol–water partition coefficient (Wildman–Crippen LogP) is 3.64. The third-order valence-electron chi connectivity index (χ3n) is 4.13. The maximum Gasteiger partial charge on any atom is 0.251 e. The van der Waals surface area contributed by atoms with Gasteiger partial charge in [0.25, 0.3) is 5.91 Å². The molecule has 1 aliphatic rings. The highest BCUT2D eigenvalue weighted by atomic mass is 32.2. The molecule has 6 heteroatoms. The summed E-state index contributed by atoms with van der Waals surface area (Å²) in [6.45, 7) is 2.56. The zero-order valence-corrected chi connectivity index (χ0v) is 16.2. The Morgan fingerprint density at radius 1 is 1.15 bits per heavy atom. The molecule has 0 radical (unpaired) electrons. The normalized spacial score (nSPS) is 13.1. The highest BCUT2D eigenvalue weighted by molar-refractivity contribution is 7.99. The molecular formula is C21H24N2O3S. The molecule has 142 valence electrons. The van der Waals surface area contributed by atoms with Crippen LogP contribution >= 0.6 is 11.8 Å². The molecule has 2 amide bonds. The van der Waals surface area contributed by atoms with Crippen molar-refractivity contribution in [1.29, 1.82) is 0 Å². The summed E-state index contributed by atoms with van der Waals surface area (Å²) in [5.74, 6) is 1.78. The first-order chi connectivity index (χ1) is 13.1. The van der Waals surface area contributed by atoms with Crippen LogP contribution in [0.4, 0.5) is 5.69 Å². The molecule has 0 unspecified atom stereocenters. The van der Waals surface area contributed by atoms with Gasteiger partial charge in [0, 0.05) is 23.0 Å². The monoisotopic (exact) mass is 384 g/mol. The lowest BCUT2D eigenvalue weighted by Gasteiger charge is -2.09. The number of rotatable bonds is 9. The second-order valence-electron chi connectivity index (χ2n) is 6.54. The van der Waals surface area contributed by atoms with Crippen LogP contribution in [0.5, 0.6) is 5.75 Å². The smallest absolute Gasteiger partial charge is 0.251 e. The number of hydrogen-bond donors (Lipinski definition) is 2. The quantitative estimate of drug-likeness (QED) is 0.648. The van der Waals surface area contributed by atoms with Crippen molar-refractivity contribution in [3.8, 4) is 5.75 Å². The molecule has 3 rings (SSSR count).